The van der Waals surface area contributed by atoms with Crippen LogP contribution >= 0.6 is 0 Å². The first-order valence-electron chi connectivity index (χ1n) is 8.08. The van der Waals surface area contributed by atoms with Crippen molar-refractivity contribution in [1.29, 1.82) is 5.26 Å². The van der Waals surface area contributed by atoms with Crippen LogP contribution in [0.3, 0.4) is 0 Å². The molecule has 0 amide bonds. The van der Waals surface area contributed by atoms with Crippen LogP contribution in [0.4, 0.5) is 0 Å². The third-order valence-corrected chi connectivity index (χ3v) is 5.05. The molecule has 3 atom stereocenters. The normalized spacial score (nSPS) is 25.4. The van der Waals surface area contributed by atoms with Gasteiger partial charge in [0.2, 0.25) is 0 Å². The Kier molecular flexibility index (Phi) is 5.39. The van der Waals surface area contributed by atoms with Crippen molar-refractivity contribution in [2.75, 3.05) is 13.6 Å². The lowest BCUT2D eigenvalue weighted by atomic mass is 9.87. The minimum absolute atomic E-state index is 0.581. The Morgan fingerprint density at radius 2 is 2.05 bits per heavy atom. The fraction of sp³-hybridized carbons (Fsp3) is 0.611. The summed E-state index contributed by atoms with van der Waals surface area (Å²) in [4.78, 5) is 2.59. The molecule has 0 radical (unpaired) electrons. The lowest BCUT2D eigenvalue weighted by Crippen LogP contribution is -2.44. The lowest BCUT2D eigenvalue weighted by molar-refractivity contribution is 0.180. The van der Waals surface area contributed by atoms with Gasteiger partial charge in [0, 0.05) is 18.6 Å². The average molecular weight is 285 g/mol. The van der Waals surface area contributed by atoms with Crippen LogP contribution in [0, 0.1) is 11.3 Å². The molecule has 1 aliphatic heterocycles. The standard InChI is InChI=1S/C18H27N3/c1-4-17-11-10-15(2)21(17)13-12-18(14-19,20-3)16-8-6-5-7-9-16/h5-9,15,17,20H,4,10-13H2,1-3H3. The van der Waals surface area contributed by atoms with Crippen LogP contribution in [0.2, 0.25) is 0 Å². The summed E-state index contributed by atoms with van der Waals surface area (Å²) < 4.78 is 0. The molecule has 0 aliphatic carbocycles. The van der Waals surface area contributed by atoms with Crippen molar-refractivity contribution in [3.63, 3.8) is 0 Å². The van der Waals surface area contributed by atoms with E-state index in [-0.39, 0.29) is 0 Å². The second-order valence-electron chi connectivity index (χ2n) is 6.11. The summed E-state index contributed by atoms with van der Waals surface area (Å²) in [6.07, 6.45) is 4.60. The van der Waals surface area contributed by atoms with Gasteiger partial charge >= 0.3 is 0 Å². The summed E-state index contributed by atoms with van der Waals surface area (Å²) in [5.74, 6) is 0. The van der Waals surface area contributed by atoms with E-state index in [0.29, 0.717) is 12.1 Å². The summed E-state index contributed by atoms with van der Waals surface area (Å²) in [7, 11) is 1.89. The number of nitriles is 1. The minimum Gasteiger partial charge on any atom is -0.299 e. The largest absolute Gasteiger partial charge is 0.299 e. The lowest BCUT2D eigenvalue weighted by Gasteiger charge is -2.33. The SMILES string of the molecule is CCC1CCC(C)N1CCC(C#N)(NC)c1ccccc1. The van der Waals surface area contributed by atoms with E-state index in [1.807, 2.05) is 37.4 Å². The molecule has 0 aromatic heterocycles. The number of rotatable bonds is 6. The molecule has 0 spiro atoms. The molecule has 3 heteroatoms. The topological polar surface area (TPSA) is 39.1 Å². The fourth-order valence-corrected chi connectivity index (χ4v) is 3.58. The van der Waals surface area contributed by atoms with Crippen LogP contribution in [-0.2, 0) is 5.54 Å². The van der Waals surface area contributed by atoms with Crippen LogP contribution < -0.4 is 5.32 Å². The molecule has 0 bridgehead atoms. The molecule has 3 nitrogen and oxygen atoms in total. The molecule has 1 saturated heterocycles. The molecule has 1 aromatic carbocycles. The third kappa shape index (κ3) is 3.28. The fourth-order valence-electron chi connectivity index (χ4n) is 3.58. The molecular formula is C18H27N3. The Bertz CT molecular complexity index is 479. The second kappa shape index (κ2) is 7.06. The Morgan fingerprint density at radius 1 is 1.33 bits per heavy atom. The summed E-state index contributed by atoms with van der Waals surface area (Å²) in [5, 5.41) is 13.0. The Labute approximate surface area is 129 Å². The first kappa shape index (κ1) is 16.0. The van der Waals surface area contributed by atoms with Crippen LogP contribution in [0.25, 0.3) is 0 Å². The van der Waals surface area contributed by atoms with Crippen molar-refractivity contribution in [2.45, 2.75) is 57.2 Å². The Morgan fingerprint density at radius 3 is 2.62 bits per heavy atom. The van der Waals surface area contributed by atoms with Crippen molar-refractivity contribution in [1.82, 2.24) is 10.2 Å². The maximum absolute atomic E-state index is 9.76. The molecular weight excluding hydrogens is 258 g/mol. The zero-order valence-electron chi connectivity index (χ0n) is 13.5. The van der Waals surface area contributed by atoms with E-state index in [9.17, 15) is 5.26 Å². The van der Waals surface area contributed by atoms with Gasteiger partial charge in [-0.05, 0) is 45.2 Å². The van der Waals surface area contributed by atoms with E-state index in [1.54, 1.807) is 0 Å². The Hall–Kier alpha value is -1.37. The number of benzene rings is 1. The predicted molar refractivity (Wildman–Crippen MR) is 86.9 cm³/mol. The maximum atomic E-state index is 9.76. The molecule has 1 N–H and O–H groups in total. The van der Waals surface area contributed by atoms with Gasteiger partial charge in [0.15, 0.2) is 0 Å². The highest BCUT2D eigenvalue weighted by Crippen LogP contribution is 2.30. The van der Waals surface area contributed by atoms with Gasteiger partial charge in [0.1, 0.15) is 5.54 Å². The van der Waals surface area contributed by atoms with Gasteiger partial charge in [-0.2, -0.15) is 5.26 Å². The molecule has 1 aromatic rings. The smallest absolute Gasteiger partial charge is 0.133 e. The van der Waals surface area contributed by atoms with Gasteiger partial charge in [-0.3, -0.25) is 10.2 Å². The highest BCUT2D eigenvalue weighted by molar-refractivity contribution is 5.31. The highest BCUT2D eigenvalue weighted by atomic mass is 15.2. The quantitative estimate of drug-likeness (QED) is 0.872. The van der Waals surface area contributed by atoms with Crippen molar-refractivity contribution < 1.29 is 0 Å². The predicted octanol–water partition coefficient (Wildman–Crippen LogP) is 3.28. The molecule has 114 valence electrons. The molecule has 2 rings (SSSR count). The van der Waals surface area contributed by atoms with E-state index in [0.717, 1.165) is 18.5 Å². The first-order valence-corrected chi connectivity index (χ1v) is 8.08. The van der Waals surface area contributed by atoms with Crippen LogP contribution in [0.5, 0.6) is 0 Å². The van der Waals surface area contributed by atoms with Gasteiger partial charge < -0.3 is 0 Å². The summed E-state index contributed by atoms with van der Waals surface area (Å²) in [5.41, 5.74) is 0.483. The van der Waals surface area contributed by atoms with E-state index in [1.165, 1.54) is 19.3 Å². The van der Waals surface area contributed by atoms with E-state index >= 15 is 0 Å². The molecule has 21 heavy (non-hydrogen) atoms. The van der Waals surface area contributed by atoms with Gasteiger partial charge in [0.25, 0.3) is 0 Å². The summed E-state index contributed by atoms with van der Waals surface area (Å²) in [6, 6.07) is 13.9. The molecule has 1 aliphatic rings. The van der Waals surface area contributed by atoms with Crippen molar-refractivity contribution in [3.05, 3.63) is 35.9 Å². The molecule has 1 heterocycles. The van der Waals surface area contributed by atoms with Crippen LogP contribution in [-0.4, -0.2) is 30.6 Å². The van der Waals surface area contributed by atoms with Gasteiger partial charge in [0.05, 0.1) is 6.07 Å². The van der Waals surface area contributed by atoms with E-state index in [2.05, 4.69) is 30.1 Å². The number of nitrogens with zero attached hydrogens (tertiary/aromatic N) is 2. The third-order valence-electron chi connectivity index (χ3n) is 5.05. The zero-order valence-corrected chi connectivity index (χ0v) is 13.5. The number of nitrogens with one attached hydrogen (secondary N) is 1. The number of likely N-dealkylation sites (tertiary alicyclic amines) is 1. The van der Waals surface area contributed by atoms with Gasteiger partial charge in [-0.25, -0.2) is 0 Å². The van der Waals surface area contributed by atoms with Crippen molar-refractivity contribution in [3.8, 4) is 6.07 Å². The Balaban J connectivity index is 2.13. The highest BCUT2D eigenvalue weighted by Gasteiger charge is 2.34. The van der Waals surface area contributed by atoms with E-state index in [4.69, 9.17) is 0 Å². The number of hydrogen-bond acceptors (Lipinski definition) is 3. The molecule has 0 saturated carbocycles. The average Bonchev–Trinajstić information content (AvgIpc) is 2.90. The summed E-state index contributed by atoms with van der Waals surface area (Å²) >= 11 is 0. The summed E-state index contributed by atoms with van der Waals surface area (Å²) in [6.45, 7) is 5.55. The maximum Gasteiger partial charge on any atom is 0.133 e. The van der Waals surface area contributed by atoms with Crippen molar-refractivity contribution in [2.24, 2.45) is 0 Å². The first-order chi connectivity index (χ1) is 10.2. The second-order valence-corrected chi connectivity index (χ2v) is 6.11. The van der Waals surface area contributed by atoms with E-state index < -0.39 is 5.54 Å². The number of hydrogen-bond donors (Lipinski definition) is 1. The van der Waals surface area contributed by atoms with Gasteiger partial charge in [-0.15, -0.1) is 0 Å². The minimum atomic E-state index is -0.581. The van der Waals surface area contributed by atoms with Gasteiger partial charge in [-0.1, -0.05) is 37.3 Å². The van der Waals surface area contributed by atoms with Crippen LogP contribution in [0.15, 0.2) is 30.3 Å². The molecule has 3 unspecified atom stereocenters. The molecule has 1 fully saturated rings. The van der Waals surface area contributed by atoms with Crippen molar-refractivity contribution >= 4 is 0 Å². The zero-order chi connectivity index (χ0) is 15.3. The van der Waals surface area contributed by atoms with Crippen LogP contribution in [0.1, 0.15) is 45.1 Å². The monoisotopic (exact) mass is 285 g/mol.